The molecule has 5 rings (SSSR count). The number of hydrogen-bond donors (Lipinski definition) is 2. The smallest absolute Gasteiger partial charge is 0.254 e. The number of amides is 1. The van der Waals surface area contributed by atoms with Crippen LogP contribution in [0, 0.1) is 5.82 Å². The van der Waals surface area contributed by atoms with Gasteiger partial charge in [-0.05, 0) is 54.7 Å². The van der Waals surface area contributed by atoms with E-state index in [4.69, 9.17) is 0 Å². The van der Waals surface area contributed by atoms with Crippen LogP contribution in [0.15, 0.2) is 101 Å². The minimum atomic E-state index is -0.552. The maximum absolute atomic E-state index is 14.4. The topological polar surface area (TPSA) is 61.4 Å². The molecule has 0 spiro atoms. The number of hydrogen-bond acceptors (Lipinski definition) is 4. The molecule has 0 bridgehead atoms. The number of ketones is 1. The van der Waals surface area contributed by atoms with Crippen LogP contribution in [-0.2, 0) is 9.59 Å². The van der Waals surface area contributed by atoms with E-state index in [9.17, 15) is 14.0 Å². The first-order valence-corrected chi connectivity index (χ1v) is 12.5. The Labute approximate surface area is 216 Å². The van der Waals surface area contributed by atoms with Crippen molar-refractivity contribution < 1.29 is 14.0 Å². The number of benzene rings is 3. The minimum absolute atomic E-state index is 0.0213. The van der Waals surface area contributed by atoms with E-state index >= 15 is 0 Å². The van der Waals surface area contributed by atoms with E-state index in [1.165, 1.54) is 12.1 Å². The van der Waals surface area contributed by atoms with Gasteiger partial charge in [-0.25, -0.2) is 4.39 Å². The molecule has 37 heavy (non-hydrogen) atoms. The maximum Gasteiger partial charge on any atom is 0.254 e. The maximum atomic E-state index is 14.4. The highest BCUT2D eigenvalue weighted by molar-refractivity contribution is 6.10. The normalized spacial score (nSPS) is 19.3. The third-order valence-corrected chi connectivity index (χ3v) is 7.21. The summed E-state index contributed by atoms with van der Waals surface area (Å²) in [7, 11) is 3.93. The zero-order valence-electron chi connectivity index (χ0n) is 21.2. The van der Waals surface area contributed by atoms with Gasteiger partial charge in [-0.15, -0.1) is 0 Å². The quantitative estimate of drug-likeness (QED) is 0.463. The molecule has 0 fully saturated rings. The van der Waals surface area contributed by atoms with Gasteiger partial charge >= 0.3 is 0 Å². The molecule has 2 unspecified atom stereocenters. The van der Waals surface area contributed by atoms with Crippen LogP contribution in [0.25, 0.3) is 0 Å². The summed E-state index contributed by atoms with van der Waals surface area (Å²) in [6.07, 6.45) is 1.05. The van der Waals surface area contributed by atoms with Crippen molar-refractivity contribution in [3.8, 4) is 0 Å². The Kier molecular flexibility index (Phi) is 6.66. The molecule has 2 atom stereocenters. The zero-order chi connectivity index (χ0) is 26.1. The SMILES string of the molecule is CC1=C(C(=O)Nc2ccccc2F)C(c2ccc(N(C)C)cc2)C2=C(CC(c3ccccc3)CC2=O)N1. The highest BCUT2D eigenvalue weighted by Gasteiger charge is 2.41. The van der Waals surface area contributed by atoms with Crippen LogP contribution >= 0.6 is 0 Å². The molecule has 5 nitrogen and oxygen atoms in total. The zero-order valence-corrected chi connectivity index (χ0v) is 21.2. The van der Waals surface area contributed by atoms with Crippen LogP contribution in [0.4, 0.5) is 15.8 Å². The van der Waals surface area contributed by atoms with Crippen LogP contribution < -0.4 is 15.5 Å². The lowest BCUT2D eigenvalue weighted by Gasteiger charge is -2.37. The number of para-hydroxylation sites is 1. The molecular formula is C31H30FN3O2. The molecule has 3 aromatic carbocycles. The molecule has 1 aliphatic heterocycles. The van der Waals surface area contributed by atoms with Gasteiger partial charge in [0, 0.05) is 54.7 Å². The van der Waals surface area contributed by atoms with Gasteiger partial charge < -0.3 is 15.5 Å². The van der Waals surface area contributed by atoms with E-state index in [0.29, 0.717) is 29.7 Å². The molecule has 2 N–H and O–H groups in total. The third-order valence-electron chi connectivity index (χ3n) is 7.21. The molecule has 2 aliphatic rings. The monoisotopic (exact) mass is 495 g/mol. The van der Waals surface area contributed by atoms with Crippen molar-refractivity contribution in [3.05, 3.63) is 118 Å². The van der Waals surface area contributed by atoms with E-state index < -0.39 is 17.6 Å². The first-order chi connectivity index (χ1) is 17.8. The fourth-order valence-electron chi connectivity index (χ4n) is 5.35. The van der Waals surface area contributed by atoms with E-state index in [1.807, 2.05) is 68.4 Å². The van der Waals surface area contributed by atoms with Gasteiger partial charge in [-0.3, -0.25) is 9.59 Å². The summed E-state index contributed by atoms with van der Waals surface area (Å²) in [4.78, 5) is 29.4. The molecular weight excluding hydrogens is 465 g/mol. The average Bonchev–Trinajstić information content (AvgIpc) is 2.89. The summed E-state index contributed by atoms with van der Waals surface area (Å²) >= 11 is 0. The van der Waals surface area contributed by atoms with Crippen molar-refractivity contribution in [2.24, 2.45) is 0 Å². The second-order valence-corrected chi connectivity index (χ2v) is 9.85. The van der Waals surface area contributed by atoms with Crippen molar-refractivity contribution in [2.45, 2.75) is 31.6 Å². The molecule has 0 saturated carbocycles. The average molecular weight is 496 g/mol. The highest BCUT2D eigenvalue weighted by atomic mass is 19.1. The van der Waals surface area contributed by atoms with Gasteiger partial charge in [0.05, 0.1) is 5.69 Å². The van der Waals surface area contributed by atoms with Crippen molar-refractivity contribution in [2.75, 3.05) is 24.3 Å². The highest BCUT2D eigenvalue weighted by Crippen LogP contribution is 2.45. The lowest BCUT2D eigenvalue weighted by Crippen LogP contribution is -2.37. The fraction of sp³-hybridized carbons (Fsp3) is 0.226. The Morgan fingerprint density at radius 1 is 0.919 bits per heavy atom. The van der Waals surface area contributed by atoms with Crippen LogP contribution in [0.3, 0.4) is 0 Å². The van der Waals surface area contributed by atoms with Crippen LogP contribution in [0.5, 0.6) is 0 Å². The predicted octanol–water partition coefficient (Wildman–Crippen LogP) is 5.89. The molecule has 188 valence electrons. The molecule has 1 heterocycles. The van der Waals surface area contributed by atoms with E-state index in [-0.39, 0.29) is 17.4 Å². The van der Waals surface area contributed by atoms with E-state index in [2.05, 4.69) is 22.8 Å². The van der Waals surface area contributed by atoms with Gasteiger partial charge in [0.2, 0.25) is 0 Å². The molecule has 0 aromatic heterocycles. The molecule has 1 amide bonds. The number of carbonyl (C=O) groups excluding carboxylic acids is 2. The Bertz CT molecular complexity index is 1410. The van der Waals surface area contributed by atoms with Crippen LogP contribution in [-0.4, -0.2) is 25.8 Å². The number of dihydropyridines is 1. The van der Waals surface area contributed by atoms with Crippen LogP contribution in [0.2, 0.25) is 0 Å². The molecule has 6 heteroatoms. The van der Waals surface area contributed by atoms with Crippen molar-refractivity contribution in [1.82, 2.24) is 5.32 Å². The van der Waals surface area contributed by atoms with Crippen molar-refractivity contribution in [3.63, 3.8) is 0 Å². The standard InChI is InChI=1S/C31H30FN3O2/c1-19-28(31(37)34-25-12-8-7-11-24(25)32)29(21-13-15-23(16-14-21)35(2)3)30-26(33-19)17-22(18-27(30)36)20-9-5-4-6-10-20/h4-16,22,29,33H,17-18H2,1-3H3,(H,34,37). The lowest BCUT2D eigenvalue weighted by atomic mass is 9.71. The summed E-state index contributed by atoms with van der Waals surface area (Å²) in [5.41, 5.74) is 5.66. The van der Waals surface area contributed by atoms with Gasteiger partial charge in [-0.1, -0.05) is 54.6 Å². The van der Waals surface area contributed by atoms with Crippen molar-refractivity contribution >= 4 is 23.1 Å². The Hall–Kier alpha value is -4.19. The molecule has 3 aromatic rings. The van der Waals surface area contributed by atoms with Gasteiger partial charge in [0.25, 0.3) is 5.91 Å². The number of carbonyl (C=O) groups is 2. The van der Waals surface area contributed by atoms with Crippen LogP contribution in [0.1, 0.15) is 42.7 Å². The summed E-state index contributed by atoms with van der Waals surface area (Å²) < 4.78 is 14.4. The summed E-state index contributed by atoms with van der Waals surface area (Å²) in [6.45, 7) is 1.85. The Balaban J connectivity index is 1.57. The Morgan fingerprint density at radius 3 is 2.27 bits per heavy atom. The summed E-state index contributed by atoms with van der Waals surface area (Å²) in [5, 5.41) is 6.12. The summed E-state index contributed by atoms with van der Waals surface area (Å²) in [5.74, 6) is -1.40. The number of anilines is 2. The number of nitrogens with zero attached hydrogens (tertiary/aromatic N) is 1. The van der Waals surface area contributed by atoms with E-state index in [1.54, 1.807) is 12.1 Å². The Morgan fingerprint density at radius 2 is 1.59 bits per heavy atom. The fourth-order valence-corrected chi connectivity index (χ4v) is 5.35. The predicted molar refractivity (Wildman–Crippen MR) is 145 cm³/mol. The lowest BCUT2D eigenvalue weighted by molar-refractivity contribution is -0.116. The van der Waals surface area contributed by atoms with Gasteiger partial charge in [0.15, 0.2) is 5.78 Å². The summed E-state index contributed by atoms with van der Waals surface area (Å²) in [6, 6.07) is 24.1. The number of allylic oxidation sites excluding steroid dienone is 3. The second kappa shape index (κ2) is 10.1. The molecule has 0 radical (unpaired) electrons. The van der Waals surface area contributed by atoms with Crippen molar-refractivity contribution in [1.29, 1.82) is 0 Å². The number of halogens is 1. The minimum Gasteiger partial charge on any atom is -0.378 e. The second-order valence-electron chi connectivity index (χ2n) is 9.85. The third kappa shape index (κ3) is 4.79. The van der Waals surface area contributed by atoms with Gasteiger partial charge in [0.1, 0.15) is 5.82 Å². The first-order valence-electron chi connectivity index (χ1n) is 12.5. The number of nitrogens with one attached hydrogen (secondary N) is 2. The first kappa shape index (κ1) is 24.5. The molecule has 0 saturated heterocycles. The van der Waals surface area contributed by atoms with E-state index in [0.717, 1.165) is 22.5 Å². The largest absolute Gasteiger partial charge is 0.378 e. The number of rotatable bonds is 5. The number of Topliss-reactive ketones (excluding diaryl/α,β-unsaturated/α-hetero) is 1. The molecule has 1 aliphatic carbocycles. The van der Waals surface area contributed by atoms with Gasteiger partial charge in [-0.2, -0.15) is 0 Å².